The standard InChI is InChI=1S/C22H38N4O2/c1-4-5-10-26-20-13-17(27-15(2)18-8-6-11-24-18)14-21(22(20)23)28-16(3)19-9-7-12-25-19/h13-16,18-19,24-26H,4-12,23H2,1-3H3. The van der Waals surface area contributed by atoms with E-state index in [9.17, 15) is 0 Å². The molecule has 2 heterocycles. The average molecular weight is 391 g/mol. The molecular formula is C22H38N4O2. The molecule has 2 fully saturated rings. The quantitative estimate of drug-likeness (QED) is 0.362. The van der Waals surface area contributed by atoms with Gasteiger partial charge in [0.1, 0.15) is 23.7 Å². The number of hydrogen-bond donors (Lipinski definition) is 4. The second-order valence-electron chi connectivity index (χ2n) is 8.21. The van der Waals surface area contributed by atoms with E-state index in [1.807, 2.05) is 12.1 Å². The van der Waals surface area contributed by atoms with Gasteiger partial charge in [-0.05, 0) is 59.0 Å². The first-order chi connectivity index (χ1) is 13.6. The highest BCUT2D eigenvalue weighted by Gasteiger charge is 2.25. The van der Waals surface area contributed by atoms with E-state index in [0.29, 0.717) is 23.5 Å². The predicted octanol–water partition coefficient (Wildman–Crippen LogP) is 3.52. The molecule has 6 heteroatoms. The zero-order valence-corrected chi connectivity index (χ0v) is 17.7. The summed E-state index contributed by atoms with van der Waals surface area (Å²) in [6.45, 7) is 9.46. The molecule has 158 valence electrons. The van der Waals surface area contributed by atoms with Crippen molar-refractivity contribution in [1.82, 2.24) is 10.6 Å². The second kappa shape index (κ2) is 10.2. The maximum Gasteiger partial charge on any atom is 0.148 e. The highest BCUT2D eigenvalue weighted by atomic mass is 16.5. The zero-order chi connectivity index (χ0) is 19.9. The van der Waals surface area contributed by atoms with E-state index in [1.54, 1.807) is 0 Å². The minimum Gasteiger partial charge on any atom is -0.489 e. The largest absolute Gasteiger partial charge is 0.489 e. The average Bonchev–Trinajstić information content (AvgIpc) is 3.39. The molecule has 1 aromatic carbocycles. The molecule has 0 saturated carbocycles. The van der Waals surface area contributed by atoms with Crippen LogP contribution < -0.4 is 31.2 Å². The molecule has 6 nitrogen and oxygen atoms in total. The summed E-state index contributed by atoms with van der Waals surface area (Å²) in [6, 6.07) is 4.75. The summed E-state index contributed by atoms with van der Waals surface area (Å²) < 4.78 is 12.6. The third-order valence-corrected chi connectivity index (χ3v) is 5.93. The number of anilines is 2. The van der Waals surface area contributed by atoms with Gasteiger partial charge in [-0.1, -0.05) is 13.3 Å². The molecular weight excluding hydrogens is 352 g/mol. The molecule has 0 radical (unpaired) electrons. The van der Waals surface area contributed by atoms with E-state index in [4.69, 9.17) is 15.2 Å². The van der Waals surface area contributed by atoms with Crippen molar-refractivity contribution in [3.05, 3.63) is 12.1 Å². The lowest BCUT2D eigenvalue weighted by atomic mass is 10.1. The van der Waals surface area contributed by atoms with Gasteiger partial charge in [0.2, 0.25) is 0 Å². The number of hydrogen-bond acceptors (Lipinski definition) is 6. The van der Waals surface area contributed by atoms with Crippen LogP contribution >= 0.6 is 0 Å². The van der Waals surface area contributed by atoms with Crippen LogP contribution in [0.5, 0.6) is 11.5 Å². The van der Waals surface area contributed by atoms with Gasteiger partial charge < -0.3 is 31.2 Å². The summed E-state index contributed by atoms with van der Waals surface area (Å²) in [4.78, 5) is 0. The van der Waals surface area contributed by atoms with Gasteiger partial charge in [-0.3, -0.25) is 0 Å². The van der Waals surface area contributed by atoms with Crippen molar-refractivity contribution in [2.45, 2.75) is 83.6 Å². The van der Waals surface area contributed by atoms with Crippen LogP contribution in [0.3, 0.4) is 0 Å². The molecule has 0 spiro atoms. The van der Waals surface area contributed by atoms with Crippen LogP contribution in [0.1, 0.15) is 59.3 Å². The zero-order valence-electron chi connectivity index (χ0n) is 17.7. The molecule has 0 aliphatic carbocycles. The van der Waals surface area contributed by atoms with E-state index in [1.165, 1.54) is 12.8 Å². The maximum absolute atomic E-state index is 6.46. The minimum absolute atomic E-state index is 0.0671. The molecule has 2 aliphatic rings. The van der Waals surface area contributed by atoms with Gasteiger partial charge in [-0.2, -0.15) is 0 Å². The highest BCUT2D eigenvalue weighted by molar-refractivity contribution is 5.75. The highest BCUT2D eigenvalue weighted by Crippen LogP contribution is 2.37. The van der Waals surface area contributed by atoms with Crippen LogP contribution in [0.2, 0.25) is 0 Å². The molecule has 0 amide bonds. The molecule has 2 saturated heterocycles. The minimum atomic E-state index is 0.0671. The Balaban J connectivity index is 1.76. The first-order valence-electron chi connectivity index (χ1n) is 11.1. The van der Waals surface area contributed by atoms with E-state index >= 15 is 0 Å². The predicted molar refractivity (Wildman–Crippen MR) is 116 cm³/mol. The van der Waals surface area contributed by atoms with Gasteiger partial charge >= 0.3 is 0 Å². The molecule has 2 aliphatic heterocycles. The lowest BCUT2D eigenvalue weighted by Crippen LogP contribution is -2.37. The summed E-state index contributed by atoms with van der Waals surface area (Å²) in [7, 11) is 0. The summed E-state index contributed by atoms with van der Waals surface area (Å²) >= 11 is 0. The number of unbranched alkanes of at least 4 members (excludes halogenated alkanes) is 1. The molecule has 0 aromatic heterocycles. The fourth-order valence-corrected chi connectivity index (χ4v) is 4.12. The number of nitrogens with one attached hydrogen (secondary N) is 3. The molecule has 5 N–H and O–H groups in total. The second-order valence-corrected chi connectivity index (χ2v) is 8.21. The normalized spacial score (nSPS) is 24.1. The summed E-state index contributed by atoms with van der Waals surface area (Å²) in [5, 5.41) is 10.5. The fraction of sp³-hybridized carbons (Fsp3) is 0.727. The summed E-state index contributed by atoms with van der Waals surface area (Å²) in [5.74, 6) is 1.53. The number of nitrogen functional groups attached to an aromatic ring is 1. The molecule has 28 heavy (non-hydrogen) atoms. The number of nitrogens with two attached hydrogens (primary N) is 1. The SMILES string of the molecule is CCCCNc1cc(OC(C)C2CCCN2)cc(OC(C)C2CCCN2)c1N. The van der Waals surface area contributed by atoms with E-state index < -0.39 is 0 Å². The van der Waals surface area contributed by atoms with Crippen LogP contribution in [-0.2, 0) is 0 Å². The Bertz CT molecular complexity index is 613. The van der Waals surface area contributed by atoms with Gasteiger partial charge in [-0.15, -0.1) is 0 Å². The lowest BCUT2D eigenvalue weighted by Gasteiger charge is -2.25. The van der Waals surface area contributed by atoms with Crippen LogP contribution in [0.15, 0.2) is 12.1 Å². The third kappa shape index (κ3) is 5.45. The van der Waals surface area contributed by atoms with Crippen LogP contribution in [-0.4, -0.2) is 43.9 Å². The molecule has 3 rings (SSSR count). The Labute approximate surface area is 169 Å². The van der Waals surface area contributed by atoms with E-state index in [2.05, 4.69) is 36.7 Å². The van der Waals surface area contributed by atoms with E-state index in [0.717, 1.165) is 56.8 Å². The van der Waals surface area contributed by atoms with Gasteiger partial charge in [0.25, 0.3) is 0 Å². The Morgan fingerprint density at radius 3 is 2.29 bits per heavy atom. The summed E-state index contributed by atoms with van der Waals surface area (Å²) in [5.41, 5.74) is 8.03. The molecule has 0 bridgehead atoms. The van der Waals surface area contributed by atoms with Gasteiger partial charge in [0.15, 0.2) is 0 Å². The maximum atomic E-state index is 6.46. The van der Waals surface area contributed by atoms with Crippen molar-refractivity contribution >= 4 is 11.4 Å². The van der Waals surface area contributed by atoms with Gasteiger partial charge in [-0.25, -0.2) is 0 Å². The number of ether oxygens (including phenoxy) is 2. The number of benzene rings is 1. The lowest BCUT2D eigenvalue weighted by molar-refractivity contribution is 0.170. The van der Waals surface area contributed by atoms with Crippen LogP contribution in [0, 0.1) is 0 Å². The third-order valence-electron chi connectivity index (χ3n) is 5.93. The monoisotopic (exact) mass is 390 g/mol. The Hall–Kier alpha value is -1.66. The van der Waals surface area contributed by atoms with Crippen molar-refractivity contribution in [2.24, 2.45) is 0 Å². The van der Waals surface area contributed by atoms with Crippen molar-refractivity contribution < 1.29 is 9.47 Å². The van der Waals surface area contributed by atoms with Crippen molar-refractivity contribution in [3.63, 3.8) is 0 Å². The van der Waals surface area contributed by atoms with Gasteiger partial charge in [0, 0.05) is 30.8 Å². The number of rotatable bonds is 10. The molecule has 4 unspecified atom stereocenters. The van der Waals surface area contributed by atoms with Crippen molar-refractivity contribution in [3.8, 4) is 11.5 Å². The smallest absolute Gasteiger partial charge is 0.148 e. The topological polar surface area (TPSA) is 80.6 Å². The Kier molecular flexibility index (Phi) is 7.68. The Morgan fingerprint density at radius 2 is 1.71 bits per heavy atom. The fourth-order valence-electron chi connectivity index (χ4n) is 4.12. The van der Waals surface area contributed by atoms with Crippen LogP contribution in [0.4, 0.5) is 11.4 Å². The first kappa shape index (κ1) is 21.1. The van der Waals surface area contributed by atoms with Crippen LogP contribution in [0.25, 0.3) is 0 Å². The molecule has 4 atom stereocenters. The van der Waals surface area contributed by atoms with Crippen molar-refractivity contribution in [2.75, 3.05) is 30.7 Å². The van der Waals surface area contributed by atoms with Gasteiger partial charge in [0.05, 0.1) is 11.4 Å². The Morgan fingerprint density at radius 1 is 1.07 bits per heavy atom. The first-order valence-corrected chi connectivity index (χ1v) is 11.1. The molecule has 1 aromatic rings. The van der Waals surface area contributed by atoms with E-state index in [-0.39, 0.29) is 12.2 Å². The van der Waals surface area contributed by atoms with Crippen molar-refractivity contribution in [1.29, 1.82) is 0 Å². The summed E-state index contributed by atoms with van der Waals surface area (Å²) in [6.07, 6.45) is 7.13.